The largest absolute Gasteiger partial charge is 0.309 e. The Morgan fingerprint density at radius 3 is 1.38 bits per heavy atom. The highest BCUT2D eigenvalue weighted by atomic mass is 15.0. The lowest BCUT2D eigenvalue weighted by molar-refractivity contribution is 1.07. The van der Waals surface area contributed by atoms with Crippen molar-refractivity contribution in [3.63, 3.8) is 0 Å². The minimum absolute atomic E-state index is 0.414. The Morgan fingerprint density at radius 1 is 0.368 bits per heavy atom. The van der Waals surface area contributed by atoms with Gasteiger partial charge in [-0.3, -0.25) is 4.98 Å². The lowest BCUT2D eigenvalue weighted by atomic mass is 9.98. The van der Waals surface area contributed by atoms with Crippen LogP contribution in [-0.4, -0.2) is 29.1 Å². The molecule has 0 aliphatic rings. The minimum Gasteiger partial charge on any atom is -0.309 e. The quantitative estimate of drug-likeness (QED) is 0.140. The van der Waals surface area contributed by atoms with Gasteiger partial charge in [-0.15, -0.1) is 0 Å². The van der Waals surface area contributed by atoms with Gasteiger partial charge in [-0.2, -0.15) is 10.5 Å². The molecule has 10 heteroatoms. The zero-order valence-electron chi connectivity index (χ0n) is 40.3. The molecule has 0 saturated carbocycles. The maximum absolute atomic E-state index is 9.87. The monoisotopic (exact) mass is 968 g/mol. The van der Waals surface area contributed by atoms with Gasteiger partial charge in [0.2, 0.25) is 0 Å². The third kappa shape index (κ3) is 7.64. The number of fused-ring (bicyclic) bond motifs is 6. The van der Waals surface area contributed by atoms with Gasteiger partial charge in [-0.1, -0.05) is 127 Å². The van der Waals surface area contributed by atoms with Gasteiger partial charge in [0, 0.05) is 55.6 Å². The molecular weight excluding hydrogens is 933 g/mol. The standard InChI is InChI=1S/C66H36N10/c1-69-50-32-49(33-51(37-50)70-2)46-22-24-60-55(35-46)52-17-9-11-19-58(52)75(60)61-26-23-47(66-73-64(43-13-5-3-6-14-43)72-65(74-66)44-15-7-4-8-16-44)36-57(61)54-27-28-71-40-63(54)76-59-20-12-10-18-53(59)56-34-45(21-25-62(56)76)48-30-41(38-67)29-42(31-48)39-68/h3-37,40H. The van der Waals surface area contributed by atoms with Crippen molar-refractivity contribution in [3.8, 4) is 91.1 Å². The van der Waals surface area contributed by atoms with Crippen LogP contribution < -0.4 is 0 Å². The Morgan fingerprint density at radius 2 is 0.842 bits per heavy atom. The number of hydrogen-bond acceptors (Lipinski definition) is 6. The van der Waals surface area contributed by atoms with Crippen LogP contribution in [0.1, 0.15) is 11.1 Å². The molecule has 0 amide bonds. The maximum atomic E-state index is 9.87. The molecule has 10 nitrogen and oxygen atoms in total. The Bertz CT molecular complexity index is 4570. The van der Waals surface area contributed by atoms with E-state index in [0.29, 0.717) is 40.0 Å². The molecule has 0 aliphatic heterocycles. The summed E-state index contributed by atoms with van der Waals surface area (Å²) in [5.74, 6) is 1.61. The van der Waals surface area contributed by atoms with Crippen molar-refractivity contribution >= 4 is 55.0 Å². The second-order valence-corrected chi connectivity index (χ2v) is 18.3. The fraction of sp³-hybridized carbons (Fsp3) is 0. The Balaban J connectivity index is 1.08. The summed E-state index contributed by atoms with van der Waals surface area (Å²) in [6.07, 6.45) is 3.74. The van der Waals surface area contributed by atoms with Crippen LogP contribution in [0.5, 0.6) is 0 Å². The molecule has 0 atom stereocenters. The van der Waals surface area contributed by atoms with Crippen molar-refractivity contribution in [3.05, 3.63) is 253 Å². The maximum Gasteiger partial charge on any atom is 0.177 e. The van der Waals surface area contributed by atoms with Gasteiger partial charge in [0.25, 0.3) is 0 Å². The predicted octanol–water partition coefficient (Wildman–Crippen LogP) is 16.3. The Hall–Kier alpha value is -11.3. The molecule has 0 N–H and O–H groups in total. The number of benzene rings is 9. The van der Waals surface area contributed by atoms with Gasteiger partial charge in [-0.05, 0) is 101 Å². The number of nitriles is 2. The van der Waals surface area contributed by atoms with Crippen LogP contribution in [0, 0.1) is 35.8 Å². The van der Waals surface area contributed by atoms with Crippen molar-refractivity contribution in [2.45, 2.75) is 0 Å². The molecule has 9 aromatic carbocycles. The molecule has 4 aromatic heterocycles. The van der Waals surface area contributed by atoms with Gasteiger partial charge in [0.15, 0.2) is 28.8 Å². The Kier molecular flexibility index (Phi) is 10.8. The van der Waals surface area contributed by atoms with Crippen LogP contribution in [0.25, 0.3) is 132 Å². The molecule has 350 valence electrons. The molecule has 76 heavy (non-hydrogen) atoms. The molecule has 0 spiro atoms. The van der Waals surface area contributed by atoms with Gasteiger partial charge >= 0.3 is 0 Å². The zero-order chi connectivity index (χ0) is 51.3. The van der Waals surface area contributed by atoms with E-state index >= 15 is 0 Å². The SMILES string of the molecule is [C-]#[N+]c1cc([N+]#[C-])cc(-c2ccc3c(c2)c2ccccc2n3-c2ccc(-c3nc(-c4ccccc4)nc(-c4ccccc4)n3)cc2-c2ccncc2-n2c3ccccc3c3cc(-c4cc(C#N)cc(C#N)c4)ccc32)c1. The van der Waals surface area contributed by atoms with E-state index in [0.717, 1.165) is 105 Å². The van der Waals surface area contributed by atoms with Gasteiger partial charge in [-0.25, -0.2) is 24.6 Å². The van der Waals surface area contributed by atoms with Crippen LogP contribution in [0.15, 0.2) is 219 Å². The van der Waals surface area contributed by atoms with Crippen molar-refractivity contribution < 1.29 is 0 Å². The molecule has 0 saturated heterocycles. The third-order valence-electron chi connectivity index (χ3n) is 13.9. The van der Waals surface area contributed by atoms with Crippen molar-refractivity contribution in [1.82, 2.24) is 29.1 Å². The van der Waals surface area contributed by atoms with Gasteiger partial charge in [0.05, 0.1) is 76.0 Å². The fourth-order valence-electron chi connectivity index (χ4n) is 10.5. The summed E-state index contributed by atoms with van der Waals surface area (Å²) in [6, 6.07) is 72.6. The smallest absolute Gasteiger partial charge is 0.177 e. The molecule has 13 aromatic rings. The van der Waals surface area contributed by atoms with Crippen LogP contribution in [0.4, 0.5) is 11.4 Å². The summed E-state index contributed by atoms with van der Waals surface area (Å²) in [5, 5.41) is 23.8. The average molecular weight is 969 g/mol. The summed E-state index contributed by atoms with van der Waals surface area (Å²) in [4.78, 5) is 27.5. The fourth-order valence-corrected chi connectivity index (χ4v) is 10.5. The topological polar surface area (TPSA) is 118 Å². The molecular formula is C66H36N10. The first-order valence-corrected chi connectivity index (χ1v) is 24.4. The van der Waals surface area contributed by atoms with E-state index in [2.05, 4.69) is 116 Å². The number of aromatic nitrogens is 6. The van der Waals surface area contributed by atoms with E-state index in [1.54, 1.807) is 12.1 Å². The van der Waals surface area contributed by atoms with Crippen molar-refractivity contribution in [1.29, 1.82) is 10.5 Å². The molecule has 13 rings (SSSR count). The van der Waals surface area contributed by atoms with Gasteiger partial charge < -0.3 is 9.13 Å². The van der Waals surface area contributed by atoms with E-state index in [1.165, 1.54) is 0 Å². The van der Waals surface area contributed by atoms with Crippen LogP contribution in [0.2, 0.25) is 0 Å². The van der Waals surface area contributed by atoms with Crippen molar-refractivity contribution in [2.75, 3.05) is 0 Å². The molecule has 0 aliphatic carbocycles. The molecule has 0 radical (unpaired) electrons. The normalized spacial score (nSPS) is 11.1. The first kappa shape index (κ1) is 44.6. The van der Waals surface area contributed by atoms with E-state index in [9.17, 15) is 10.5 Å². The van der Waals surface area contributed by atoms with E-state index < -0.39 is 0 Å². The van der Waals surface area contributed by atoms with Crippen LogP contribution in [0.3, 0.4) is 0 Å². The van der Waals surface area contributed by atoms with Crippen molar-refractivity contribution in [2.24, 2.45) is 0 Å². The number of pyridine rings is 1. The molecule has 4 heterocycles. The average Bonchev–Trinajstić information content (AvgIpc) is 4.10. The lowest BCUT2D eigenvalue weighted by Gasteiger charge is -2.19. The van der Waals surface area contributed by atoms with Gasteiger partial charge in [0.1, 0.15) is 0 Å². The second-order valence-electron chi connectivity index (χ2n) is 18.3. The summed E-state index contributed by atoms with van der Waals surface area (Å²) in [6.45, 7) is 15.5. The first-order valence-electron chi connectivity index (χ1n) is 24.4. The second kappa shape index (κ2) is 18.4. The highest BCUT2D eigenvalue weighted by molar-refractivity contribution is 6.13. The van der Waals surface area contributed by atoms with Crippen LogP contribution >= 0.6 is 0 Å². The summed E-state index contributed by atoms with van der Waals surface area (Å²) in [5.41, 5.74) is 14.9. The summed E-state index contributed by atoms with van der Waals surface area (Å²) < 4.78 is 4.56. The molecule has 0 unspecified atom stereocenters. The van der Waals surface area contributed by atoms with Crippen LogP contribution in [-0.2, 0) is 0 Å². The van der Waals surface area contributed by atoms with E-state index in [-0.39, 0.29) is 0 Å². The highest BCUT2D eigenvalue weighted by Crippen LogP contribution is 2.44. The summed E-state index contributed by atoms with van der Waals surface area (Å²) >= 11 is 0. The third-order valence-corrected chi connectivity index (χ3v) is 13.9. The molecule has 0 bridgehead atoms. The lowest BCUT2D eigenvalue weighted by Crippen LogP contribution is -2.04. The molecule has 0 fully saturated rings. The first-order chi connectivity index (χ1) is 37.5. The highest BCUT2D eigenvalue weighted by Gasteiger charge is 2.23. The van der Waals surface area contributed by atoms with E-state index in [1.807, 2.05) is 122 Å². The Labute approximate surface area is 436 Å². The minimum atomic E-state index is 0.414. The number of nitrogens with zero attached hydrogens (tertiary/aromatic N) is 10. The summed E-state index contributed by atoms with van der Waals surface area (Å²) in [7, 11) is 0. The number of rotatable bonds is 8. The zero-order valence-corrected chi connectivity index (χ0v) is 40.3. The van der Waals surface area contributed by atoms with E-state index in [4.69, 9.17) is 33.1 Å². The number of hydrogen-bond donors (Lipinski definition) is 0. The number of para-hydroxylation sites is 2. The predicted molar refractivity (Wildman–Crippen MR) is 301 cm³/mol.